The molecule has 0 spiro atoms. The Hall–Kier alpha value is -3.95. The summed E-state index contributed by atoms with van der Waals surface area (Å²) in [5.41, 5.74) is 0.974. The number of carbonyl (C=O) groups excluding carboxylic acids is 1. The lowest BCUT2D eigenvalue weighted by Gasteiger charge is -2.33. The van der Waals surface area contributed by atoms with E-state index in [1.54, 1.807) is 11.1 Å². The van der Waals surface area contributed by atoms with E-state index in [0.717, 1.165) is 43.2 Å². The summed E-state index contributed by atoms with van der Waals surface area (Å²) in [6, 6.07) is 13.5. The first-order valence-corrected chi connectivity index (χ1v) is 14.4. The molecule has 4 heterocycles. The summed E-state index contributed by atoms with van der Waals surface area (Å²) in [7, 11) is 4.14. The van der Waals surface area contributed by atoms with Crippen LogP contribution in [0.15, 0.2) is 53.5 Å². The molecule has 1 atom stereocenters. The van der Waals surface area contributed by atoms with Crippen LogP contribution in [-0.4, -0.2) is 84.6 Å². The van der Waals surface area contributed by atoms with Gasteiger partial charge < -0.3 is 29.3 Å². The summed E-state index contributed by atoms with van der Waals surface area (Å²) in [5.74, 6) is -0.0433. The Balaban J connectivity index is 1.38. The summed E-state index contributed by atoms with van der Waals surface area (Å²) in [4.78, 5) is 33.7. The molecule has 41 heavy (non-hydrogen) atoms. The van der Waals surface area contributed by atoms with Gasteiger partial charge in [0.2, 0.25) is 5.43 Å². The van der Waals surface area contributed by atoms with Gasteiger partial charge in [-0.15, -0.1) is 0 Å². The maximum atomic E-state index is 15.9. The number of ether oxygens (including phenoxy) is 1. The molecule has 2 saturated heterocycles. The van der Waals surface area contributed by atoms with Crippen molar-refractivity contribution in [3.63, 3.8) is 0 Å². The zero-order chi connectivity index (χ0) is 28.2. The van der Waals surface area contributed by atoms with Crippen molar-refractivity contribution in [3.05, 3.63) is 70.3 Å². The van der Waals surface area contributed by atoms with Gasteiger partial charge in [-0.1, -0.05) is 30.3 Å². The normalized spacial score (nSPS) is 19.0. The molecule has 3 aliphatic rings. The van der Waals surface area contributed by atoms with Crippen LogP contribution in [0.4, 0.5) is 10.1 Å². The number of amides is 1. The second kappa shape index (κ2) is 10.2. The number of aromatic nitrogens is 1. The summed E-state index contributed by atoms with van der Waals surface area (Å²) in [5, 5.41) is 5.29. The molecule has 4 aromatic rings. The highest BCUT2D eigenvalue weighted by atomic mass is 19.1. The van der Waals surface area contributed by atoms with Gasteiger partial charge >= 0.3 is 0 Å². The second-order valence-corrected chi connectivity index (χ2v) is 11.5. The van der Waals surface area contributed by atoms with Gasteiger partial charge in [0, 0.05) is 50.3 Å². The summed E-state index contributed by atoms with van der Waals surface area (Å²) >= 11 is 0. The molecular weight excluding hydrogens is 521 g/mol. The topological polar surface area (TPSA) is 70.0 Å². The van der Waals surface area contributed by atoms with Crippen molar-refractivity contribution in [3.8, 4) is 17.2 Å². The fourth-order valence-electron chi connectivity index (χ4n) is 6.55. The van der Waals surface area contributed by atoms with Crippen molar-refractivity contribution < 1.29 is 13.9 Å². The molecule has 9 heteroatoms. The van der Waals surface area contributed by atoms with Gasteiger partial charge in [0.1, 0.15) is 16.8 Å². The van der Waals surface area contributed by atoms with Crippen molar-refractivity contribution in [2.75, 3.05) is 58.7 Å². The summed E-state index contributed by atoms with van der Waals surface area (Å²) in [6.45, 7) is 4.20. The van der Waals surface area contributed by atoms with Crippen LogP contribution in [0.25, 0.3) is 27.4 Å². The van der Waals surface area contributed by atoms with E-state index in [4.69, 9.17) is 4.74 Å². The zero-order valence-corrected chi connectivity index (χ0v) is 23.5. The molecule has 8 nitrogen and oxygen atoms in total. The molecule has 0 bridgehead atoms. The number of likely N-dealkylation sites (N-methyl/N-ethyl adjacent to an activating group) is 1. The zero-order valence-electron chi connectivity index (χ0n) is 23.5. The summed E-state index contributed by atoms with van der Waals surface area (Å²) < 4.78 is 24.3. The van der Waals surface area contributed by atoms with Crippen molar-refractivity contribution in [2.45, 2.75) is 25.3 Å². The lowest BCUT2D eigenvalue weighted by Crippen LogP contribution is -2.48. The number of rotatable bonds is 5. The molecule has 0 aliphatic carbocycles. The minimum absolute atomic E-state index is 0.0402. The van der Waals surface area contributed by atoms with E-state index in [1.165, 1.54) is 12.5 Å². The monoisotopic (exact) mass is 555 g/mol. The molecule has 212 valence electrons. The number of hydrogen-bond donors (Lipinski definition) is 1. The SMILES string of the molecule is CN1CCN(C(=O)c2cn3c4c(c(NCCC5CCCN5C)c(F)cc4c2=O)Oc2c-3ccc3ccccc23)CC1. The van der Waals surface area contributed by atoms with Crippen molar-refractivity contribution in [1.82, 2.24) is 19.3 Å². The van der Waals surface area contributed by atoms with Crippen molar-refractivity contribution in [1.29, 1.82) is 0 Å². The largest absolute Gasteiger partial charge is 0.450 e. The first-order valence-electron chi connectivity index (χ1n) is 14.4. The van der Waals surface area contributed by atoms with Crippen LogP contribution in [-0.2, 0) is 0 Å². The standard InChI is InChI=1S/C32H34FN5O3/c1-35-14-16-37(17-15-35)32(40)24-19-38-26-10-9-20-6-3-4-8-22(20)30(26)41-31-27(25(33)18-23(28(31)38)29(24)39)34-12-11-21-7-5-13-36(21)2/h3-4,6,8-10,18-19,21,34H,5,7,11-17H2,1-2H3. The van der Waals surface area contributed by atoms with Crippen molar-refractivity contribution >= 4 is 33.3 Å². The maximum Gasteiger partial charge on any atom is 0.259 e. The van der Waals surface area contributed by atoms with Gasteiger partial charge in [0.05, 0.1) is 11.1 Å². The number of nitrogens with zero attached hydrogens (tertiary/aromatic N) is 4. The lowest BCUT2D eigenvalue weighted by atomic mass is 10.0. The minimum atomic E-state index is -0.566. The van der Waals surface area contributed by atoms with E-state index in [-0.39, 0.29) is 28.3 Å². The third-order valence-electron chi connectivity index (χ3n) is 8.99. The molecule has 7 rings (SSSR count). The van der Waals surface area contributed by atoms with E-state index in [9.17, 15) is 9.59 Å². The van der Waals surface area contributed by atoms with Crippen LogP contribution in [0, 0.1) is 5.82 Å². The Morgan fingerprint density at radius 1 is 1.02 bits per heavy atom. The average Bonchev–Trinajstić information content (AvgIpc) is 3.39. The van der Waals surface area contributed by atoms with E-state index < -0.39 is 11.2 Å². The molecule has 1 unspecified atom stereocenters. The third-order valence-corrected chi connectivity index (χ3v) is 8.99. The Morgan fingerprint density at radius 3 is 2.61 bits per heavy atom. The van der Waals surface area contributed by atoms with Crippen LogP contribution < -0.4 is 15.5 Å². The predicted molar refractivity (Wildman–Crippen MR) is 159 cm³/mol. The van der Waals surface area contributed by atoms with Crippen LogP contribution in [0.1, 0.15) is 29.6 Å². The van der Waals surface area contributed by atoms with Gasteiger partial charge in [0.25, 0.3) is 5.91 Å². The Bertz CT molecular complexity index is 1740. The summed E-state index contributed by atoms with van der Waals surface area (Å²) in [6.07, 6.45) is 4.80. The quantitative estimate of drug-likeness (QED) is 0.340. The number of carbonyl (C=O) groups is 1. The Kier molecular flexibility index (Phi) is 6.43. The number of hydrogen-bond acceptors (Lipinski definition) is 6. The number of halogens is 1. The molecule has 1 aromatic heterocycles. The highest BCUT2D eigenvalue weighted by molar-refractivity contribution is 6.03. The molecule has 1 N–H and O–H groups in total. The number of piperazine rings is 1. The van der Waals surface area contributed by atoms with Crippen LogP contribution in [0.3, 0.4) is 0 Å². The van der Waals surface area contributed by atoms with Gasteiger partial charge in [-0.2, -0.15) is 0 Å². The fourth-order valence-corrected chi connectivity index (χ4v) is 6.55. The van der Waals surface area contributed by atoms with Crippen molar-refractivity contribution in [2.24, 2.45) is 0 Å². The Labute approximate surface area is 237 Å². The van der Waals surface area contributed by atoms with E-state index in [0.29, 0.717) is 42.6 Å². The number of nitrogens with one attached hydrogen (secondary N) is 1. The third kappa shape index (κ3) is 4.35. The first kappa shape index (κ1) is 26.0. The van der Waals surface area contributed by atoms with Crippen LogP contribution in [0.5, 0.6) is 11.5 Å². The minimum Gasteiger partial charge on any atom is -0.450 e. The average molecular weight is 556 g/mol. The second-order valence-electron chi connectivity index (χ2n) is 11.5. The molecular formula is C32H34FN5O3. The number of likely N-dealkylation sites (tertiary alicyclic amines) is 1. The lowest BCUT2D eigenvalue weighted by molar-refractivity contribution is 0.0662. The van der Waals surface area contributed by atoms with E-state index in [2.05, 4.69) is 22.2 Å². The molecule has 0 radical (unpaired) electrons. The van der Waals surface area contributed by atoms with Crippen LogP contribution in [0.2, 0.25) is 0 Å². The van der Waals surface area contributed by atoms with Gasteiger partial charge in [0.15, 0.2) is 17.3 Å². The first-order chi connectivity index (χ1) is 19.9. The molecule has 2 fully saturated rings. The number of pyridine rings is 1. The van der Waals surface area contributed by atoms with E-state index >= 15 is 4.39 Å². The van der Waals surface area contributed by atoms with Crippen LogP contribution >= 0.6 is 0 Å². The number of anilines is 1. The number of fused-ring (bicyclic) bond motifs is 4. The van der Waals surface area contributed by atoms with Gasteiger partial charge in [-0.05, 0) is 57.4 Å². The smallest absolute Gasteiger partial charge is 0.259 e. The molecule has 3 aromatic carbocycles. The number of benzene rings is 3. The molecule has 0 saturated carbocycles. The predicted octanol–water partition coefficient (Wildman–Crippen LogP) is 4.67. The fraction of sp³-hybridized carbons (Fsp3) is 0.375. The maximum absolute atomic E-state index is 15.9. The van der Waals surface area contributed by atoms with E-state index in [1.807, 2.05) is 48.0 Å². The van der Waals surface area contributed by atoms with Gasteiger partial charge in [-0.25, -0.2) is 4.39 Å². The molecule has 1 amide bonds. The van der Waals surface area contributed by atoms with Gasteiger partial charge in [-0.3, -0.25) is 9.59 Å². The highest BCUT2D eigenvalue weighted by Gasteiger charge is 2.31. The highest BCUT2D eigenvalue weighted by Crippen LogP contribution is 2.47. The molecule has 3 aliphatic heterocycles. The Morgan fingerprint density at radius 2 is 1.83 bits per heavy atom.